The lowest BCUT2D eigenvalue weighted by atomic mass is 10.1. The fourth-order valence-electron chi connectivity index (χ4n) is 3.18. The lowest BCUT2D eigenvalue weighted by Crippen LogP contribution is -2.47. The molecule has 0 radical (unpaired) electrons. The van der Waals surface area contributed by atoms with E-state index in [0.29, 0.717) is 25.9 Å². The van der Waals surface area contributed by atoms with Crippen LogP contribution in [0.2, 0.25) is 0 Å². The Balaban J connectivity index is 1.44. The summed E-state index contributed by atoms with van der Waals surface area (Å²) in [5.74, 6) is -0.310. The van der Waals surface area contributed by atoms with E-state index >= 15 is 0 Å². The van der Waals surface area contributed by atoms with Crippen molar-refractivity contribution in [3.8, 4) is 0 Å². The van der Waals surface area contributed by atoms with Gasteiger partial charge in [-0.05, 0) is 30.5 Å². The summed E-state index contributed by atoms with van der Waals surface area (Å²) in [4.78, 5) is 38.4. The first kappa shape index (κ1) is 18.7. The fraction of sp³-hybridized carbons (Fsp3) is 0.350. The number of nitrogens with one attached hydrogen (secondary N) is 2. The number of likely N-dealkylation sites (tertiary alicyclic amines) is 1. The molecule has 3 amide bonds. The van der Waals surface area contributed by atoms with Gasteiger partial charge in [0.15, 0.2) is 5.76 Å². The van der Waals surface area contributed by atoms with Crippen LogP contribution in [0.15, 0.2) is 53.1 Å². The summed E-state index contributed by atoms with van der Waals surface area (Å²) >= 11 is 0. The van der Waals surface area contributed by atoms with E-state index in [1.807, 2.05) is 30.3 Å². The van der Waals surface area contributed by atoms with Crippen molar-refractivity contribution in [1.82, 2.24) is 15.5 Å². The van der Waals surface area contributed by atoms with Crippen LogP contribution in [-0.4, -0.2) is 48.3 Å². The molecule has 1 atom stereocenters. The van der Waals surface area contributed by atoms with Crippen LogP contribution in [0.25, 0.3) is 0 Å². The summed E-state index contributed by atoms with van der Waals surface area (Å²) in [6.07, 6.45) is 3.20. The predicted octanol–water partition coefficient (Wildman–Crippen LogP) is 1.36. The van der Waals surface area contributed by atoms with Crippen molar-refractivity contribution < 1.29 is 18.8 Å². The Morgan fingerprint density at radius 1 is 1.04 bits per heavy atom. The third-order valence-corrected chi connectivity index (χ3v) is 4.53. The molecule has 1 saturated heterocycles. The third kappa shape index (κ3) is 4.97. The molecule has 7 nitrogen and oxygen atoms in total. The van der Waals surface area contributed by atoms with Crippen molar-refractivity contribution >= 4 is 17.7 Å². The molecule has 0 aliphatic carbocycles. The van der Waals surface area contributed by atoms with Gasteiger partial charge in [-0.1, -0.05) is 30.3 Å². The highest BCUT2D eigenvalue weighted by Gasteiger charge is 2.33. The number of hydrogen-bond donors (Lipinski definition) is 2. The molecule has 3 rings (SSSR count). The first-order valence-electron chi connectivity index (χ1n) is 9.08. The van der Waals surface area contributed by atoms with Gasteiger partial charge in [-0.2, -0.15) is 0 Å². The lowest BCUT2D eigenvalue weighted by Gasteiger charge is -2.24. The number of carbonyl (C=O) groups excluding carboxylic acids is 3. The first-order chi connectivity index (χ1) is 13.1. The molecule has 1 aliphatic heterocycles. The van der Waals surface area contributed by atoms with E-state index in [1.54, 1.807) is 17.0 Å². The first-order valence-corrected chi connectivity index (χ1v) is 9.08. The highest BCUT2D eigenvalue weighted by molar-refractivity contribution is 5.91. The maximum atomic E-state index is 12.6. The Morgan fingerprint density at radius 3 is 2.56 bits per heavy atom. The van der Waals surface area contributed by atoms with Crippen LogP contribution in [0.3, 0.4) is 0 Å². The molecule has 0 saturated carbocycles. The summed E-state index contributed by atoms with van der Waals surface area (Å²) in [6, 6.07) is 12.3. The standard InChI is InChI=1S/C20H23N3O4/c24-18(14-15-6-2-1-3-7-15)23-12-4-8-16(23)19(25)21-10-11-22-20(26)17-9-5-13-27-17/h1-3,5-7,9,13,16H,4,8,10-12,14H2,(H,21,25)(H,22,26). The van der Waals surface area contributed by atoms with E-state index in [9.17, 15) is 14.4 Å². The third-order valence-electron chi connectivity index (χ3n) is 4.53. The second kappa shape index (κ2) is 9.02. The molecule has 142 valence electrons. The van der Waals surface area contributed by atoms with E-state index in [0.717, 1.165) is 12.0 Å². The van der Waals surface area contributed by atoms with Gasteiger partial charge in [0.1, 0.15) is 6.04 Å². The number of rotatable bonds is 7. The highest BCUT2D eigenvalue weighted by atomic mass is 16.3. The maximum Gasteiger partial charge on any atom is 0.287 e. The van der Waals surface area contributed by atoms with Crippen molar-refractivity contribution in [3.63, 3.8) is 0 Å². The molecule has 7 heteroatoms. The van der Waals surface area contributed by atoms with Gasteiger partial charge in [0, 0.05) is 19.6 Å². The van der Waals surface area contributed by atoms with Crippen molar-refractivity contribution in [2.45, 2.75) is 25.3 Å². The molecular formula is C20H23N3O4. The normalized spacial score (nSPS) is 16.1. The average Bonchev–Trinajstić information content (AvgIpc) is 3.37. The number of furan rings is 1. The van der Waals surface area contributed by atoms with Crippen LogP contribution in [0.1, 0.15) is 29.0 Å². The lowest BCUT2D eigenvalue weighted by molar-refractivity contribution is -0.137. The van der Waals surface area contributed by atoms with Crippen molar-refractivity contribution in [2.75, 3.05) is 19.6 Å². The molecule has 2 N–H and O–H groups in total. The maximum absolute atomic E-state index is 12.6. The summed E-state index contributed by atoms with van der Waals surface area (Å²) in [5.41, 5.74) is 0.939. The van der Waals surface area contributed by atoms with Crippen molar-refractivity contribution in [1.29, 1.82) is 0 Å². The zero-order chi connectivity index (χ0) is 19.1. The van der Waals surface area contributed by atoms with Crippen molar-refractivity contribution in [3.05, 3.63) is 60.1 Å². The quantitative estimate of drug-likeness (QED) is 0.721. The van der Waals surface area contributed by atoms with Gasteiger partial charge in [-0.3, -0.25) is 14.4 Å². The average molecular weight is 369 g/mol. The fourth-order valence-corrected chi connectivity index (χ4v) is 3.18. The molecule has 1 aromatic carbocycles. The highest BCUT2D eigenvalue weighted by Crippen LogP contribution is 2.19. The second-order valence-corrected chi connectivity index (χ2v) is 6.43. The van der Waals surface area contributed by atoms with Gasteiger partial charge >= 0.3 is 0 Å². The van der Waals surface area contributed by atoms with Gasteiger partial charge in [0.25, 0.3) is 5.91 Å². The Morgan fingerprint density at radius 2 is 1.81 bits per heavy atom. The van der Waals surface area contributed by atoms with Crippen molar-refractivity contribution in [2.24, 2.45) is 0 Å². The van der Waals surface area contributed by atoms with E-state index in [1.165, 1.54) is 6.26 Å². The molecular weight excluding hydrogens is 346 g/mol. The van der Waals surface area contributed by atoms with Gasteiger partial charge in [-0.15, -0.1) is 0 Å². The molecule has 1 aliphatic rings. The van der Waals surface area contributed by atoms with Gasteiger partial charge in [0.2, 0.25) is 11.8 Å². The van der Waals surface area contributed by atoms with Crippen LogP contribution in [-0.2, 0) is 16.0 Å². The predicted molar refractivity (Wildman–Crippen MR) is 98.9 cm³/mol. The van der Waals surface area contributed by atoms with Crippen LogP contribution in [0, 0.1) is 0 Å². The molecule has 2 heterocycles. The van der Waals surface area contributed by atoms with Gasteiger partial charge in [0.05, 0.1) is 12.7 Å². The second-order valence-electron chi connectivity index (χ2n) is 6.43. The molecule has 0 bridgehead atoms. The topological polar surface area (TPSA) is 91.7 Å². The summed E-state index contributed by atoms with van der Waals surface area (Å²) in [7, 11) is 0. The Hall–Kier alpha value is -3.09. The van der Waals surface area contributed by atoms with Crippen LogP contribution in [0.4, 0.5) is 0 Å². The van der Waals surface area contributed by atoms with Gasteiger partial charge < -0.3 is 20.0 Å². The molecule has 1 unspecified atom stereocenters. The zero-order valence-corrected chi connectivity index (χ0v) is 15.0. The zero-order valence-electron chi connectivity index (χ0n) is 15.0. The Labute approximate surface area is 157 Å². The van der Waals surface area contributed by atoms with E-state index < -0.39 is 6.04 Å². The number of amides is 3. The van der Waals surface area contributed by atoms with Gasteiger partial charge in [-0.25, -0.2) is 0 Å². The number of benzene rings is 1. The largest absolute Gasteiger partial charge is 0.459 e. The number of carbonyl (C=O) groups is 3. The van der Waals surface area contributed by atoms with E-state index in [-0.39, 0.29) is 30.0 Å². The minimum Gasteiger partial charge on any atom is -0.459 e. The molecule has 0 spiro atoms. The number of hydrogen-bond acceptors (Lipinski definition) is 4. The summed E-state index contributed by atoms with van der Waals surface area (Å²) < 4.78 is 5.00. The minimum absolute atomic E-state index is 0.0371. The van der Waals surface area contributed by atoms with E-state index in [4.69, 9.17) is 4.42 Å². The smallest absolute Gasteiger partial charge is 0.287 e. The Kier molecular flexibility index (Phi) is 6.25. The summed E-state index contributed by atoms with van der Waals surface area (Å²) in [5, 5.41) is 5.47. The monoisotopic (exact) mass is 369 g/mol. The van der Waals surface area contributed by atoms with Crippen LogP contribution in [0.5, 0.6) is 0 Å². The number of nitrogens with zero attached hydrogens (tertiary/aromatic N) is 1. The summed E-state index contributed by atoms with van der Waals surface area (Å²) in [6.45, 7) is 1.18. The molecule has 27 heavy (non-hydrogen) atoms. The SMILES string of the molecule is O=C(NCCNC(=O)C1CCCN1C(=O)Cc1ccccc1)c1ccco1. The molecule has 1 fully saturated rings. The minimum atomic E-state index is -0.443. The van der Waals surface area contributed by atoms with E-state index in [2.05, 4.69) is 10.6 Å². The van der Waals surface area contributed by atoms with Crippen LogP contribution >= 0.6 is 0 Å². The molecule has 1 aromatic heterocycles. The van der Waals surface area contributed by atoms with Crippen LogP contribution < -0.4 is 10.6 Å². The Bertz CT molecular complexity index is 774. The molecule has 2 aromatic rings.